The summed E-state index contributed by atoms with van der Waals surface area (Å²) in [5.74, 6) is -18.0. The summed E-state index contributed by atoms with van der Waals surface area (Å²) in [5.41, 5.74) is 0. The fourth-order valence-electron chi connectivity index (χ4n) is 1.84. The predicted molar refractivity (Wildman–Crippen MR) is 71.7 cm³/mol. The molecule has 0 bridgehead atoms. The third kappa shape index (κ3) is 6.11. The van der Waals surface area contributed by atoms with E-state index < -0.39 is 43.5 Å². The minimum atomic E-state index is -6.30. The second kappa shape index (κ2) is 8.72. The van der Waals surface area contributed by atoms with Crippen LogP contribution in [0.3, 0.4) is 0 Å². The van der Waals surface area contributed by atoms with Crippen LogP contribution < -0.4 is 0 Å². The number of epoxide rings is 2. The number of halogens is 8. The number of rotatable bonds is 14. The first-order valence-electron chi connectivity index (χ1n) is 7.89. The quantitative estimate of drug-likeness (QED) is 0.320. The number of ether oxygens (including phenoxy) is 5. The molecule has 0 radical (unpaired) electrons. The van der Waals surface area contributed by atoms with Gasteiger partial charge in [0.05, 0.1) is 39.6 Å². The lowest BCUT2D eigenvalue weighted by Crippen LogP contribution is -2.59. The van der Waals surface area contributed by atoms with Crippen molar-refractivity contribution >= 4 is 0 Å². The molecule has 2 aliphatic rings. The molecule has 5 nitrogen and oxygen atoms in total. The van der Waals surface area contributed by atoms with Gasteiger partial charge in [0.25, 0.3) is 0 Å². The first-order valence-corrected chi connectivity index (χ1v) is 7.89. The molecule has 27 heavy (non-hydrogen) atoms. The Bertz CT molecular complexity index is 470. The third-order valence-electron chi connectivity index (χ3n) is 3.67. The summed E-state index contributed by atoms with van der Waals surface area (Å²) in [6.45, 7) is -1.89. The van der Waals surface area contributed by atoms with Crippen LogP contribution in [-0.2, 0) is 23.7 Å². The minimum Gasteiger partial charge on any atom is -0.376 e. The lowest BCUT2D eigenvalue weighted by molar-refractivity contribution is -0.346. The zero-order valence-electron chi connectivity index (χ0n) is 13.8. The summed E-state index contributed by atoms with van der Waals surface area (Å²) >= 11 is 0. The Balaban J connectivity index is 1.82. The molecule has 13 heteroatoms. The van der Waals surface area contributed by atoms with Gasteiger partial charge < -0.3 is 23.7 Å². The van der Waals surface area contributed by atoms with Crippen molar-refractivity contribution in [3.8, 4) is 0 Å². The van der Waals surface area contributed by atoms with Crippen LogP contribution in [0.25, 0.3) is 0 Å². The van der Waals surface area contributed by atoms with E-state index in [0.717, 1.165) is 0 Å². The molecule has 0 amide bonds. The van der Waals surface area contributed by atoms with Crippen molar-refractivity contribution in [3.05, 3.63) is 0 Å². The summed E-state index contributed by atoms with van der Waals surface area (Å²) in [4.78, 5) is 0. The van der Waals surface area contributed by atoms with Gasteiger partial charge in [0.15, 0.2) is 0 Å². The zero-order valence-corrected chi connectivity index (χ0v) is 13.8. The molecule has 0 aromatic rings. The van der Waals surface area contributed by atoms with E-state index in [2.05, 4.69) is 4.74 Å². The van der Waals surface area contributed by atoms with E-state index >= 15 is 0 Å². The SMILES string of the molecule is FC(F)C(F)(F)C(F)(F)C(F)(F)COCC(COCC1CO1)OCC1CO1. The average Bonchev–Trinajstić information content (AvgIpc) is 3.45. The molecule has 0 aromatic heterocycles. The summed E-state index contributed by atoms with van der Waals surface area (Å²) < 4.78 is 127. The van der Waals surface area contributed by atoms with Gasteiger partial charge in [-0.25, -0.2) is 8.78 Å². The Morgan fingerprint density at radius 1 is 0.852 bits per heavy atom. The van der Waals surface area contributed by atoms with Gasteiger partial charge in [0, 0.05) is 0 Å². The standard InChI is InChI=1S/C14H18F8O5/c15-11(16)13(19,20)14(21,22)12(17,18)7-24-3-8(25-5-10-6-27-10)1-23-2-9-4-26-9/h8-11H,1-7H2. The second-order valence-corrected chi connectivity index (χ2v) is 6.12. The maximum absolute atomic E-state index is 13.4. The van der Waals surface area contributed by atoms with Gasteiger partial charge in [-0.2, -0.15) is 26.3 Å². The number of alkyl halides is 8. The molecule has 3 unspecified atom stereocenters. The van der Waals surface area contributed by atoms with Crippen LogP contribution in [0.2, 0.25) is 0 Å². The van der Waals surface area contributed by atoms with Gasteiger partial charge in [-0.05, 0) is 0 Å². The second-order valence-electron chi connectivity index (χ2n) is 6.12. The van der Waals surface area contributed by atoms with Crippen molar-refractivity contribution in [1.82, 2.24) is 0 Å². The molecule has 2 rings (SSSR count). The molecule has 3 atom stereocenters. The van der Waals surface area contributed by atoms with E-state index in [9.17, 15) is 35.1 Å². The minimum absolute atomic E-state index is 0.0628. The van der Waals surface area contributed by atoms with Crippen LogP contribution in [0.15, 0.2) is 0 Å². The lowest BCUT2D eigenvalue weighted by Gasteiger charge is -2.32. The molecule has 0 N–H and O–H groups in total. The van der Waals surface area contributed by atoms with Gasteiger partial charge in [-0.15, -0.1) is 0 Å². The van der Waals surface area contributed by atoms with E-state index in [4.69, 9.17) is 18.9 Å². The molecular weight excluding hydrogens is 400 g/mol. The highest BCUT2D eigenvalue weighted by atomic mass is 19.4. The maximum Gasteiger partial charge on any atom is 0.380 e. The van der Waals surface area contributed by atoms with Crippen molar-refractivity contribution in [2.45, 2.75) is 42.5 Å². The van der Waals surface area contributed by atoms with Crippen LogP contribution >= 0.6 is 0 Å². The summed E-state index contributed by atoms with van der Waals surface area (Å²) in [6.07, 6.45) is -6.24. The lowest BCUT2D eigenvalue weighted by atomic mass is 10.1. The molecule has 2 fully saturated rings. The third-order valence-corrected chi connectivity index (χ3v) is 3.67. The topological polar surface area (TPSA) is 52.8 Å². The first kappa shape index (κ1) is 22.5. The van der Waals surface area contributed by atoms with E-state index in [1.807, 2.05) is 0 Å². The van der Waals surface area contributed by atoms with Gasteiger partial charge in [0.2, 0.25) is 0 Å². The Morgan fingerprint density at radius 2 is 1.37 bits per heavy atom. The molecule has 2 heterocycles. The van der Waals surface area contributed by atoms with E-state index in [1.165, 1.54) is 0 Å². The molecule has 0 spiro atoms. The smallest absolute Gasteiger partial charge is 0.376 e. The van der Waals surface area contributed by atoms with Gasteiger partial charge >= 0.3 is 24.2 Å². The van der Waals surface area contributed by atoms with E-state index in [0.29, 0.717) is 13.2 Å². The molecule has 2 saturated heterocycles. The summed E-state index contributed by atoms with van der Waals surface area (Å²) in [6, 6.07) is 0. The summed E-state index contributed by atoms with van der Waals surface area (Å²) in [5, 5.41) is 0. The van der Waals surface area contributed by atoms with Crippen molar-refractivity contribution < 1.29 is 58.8 Å². The Morgan fingerprint density at radius 3 is 1.89 bits per heavy atom. The Hall–Kier alpha value is -0.760. The normalized spacial score (nSPS) is 24.3. The van der Waals surface area contributed by atoms with Crippen molar-refractivity contribution in [2.24, 2.45) is 0 Å². The highest BCUT2D eigenvalue weighted by molar-refractivity contribution is 4.97. The first-order chi connectivity index (χ1) is 12.5. The average molecular weight is 418 g/mol. The molecular formula is C14H18F8O5. The maximum atomic E-state index is 13.4. The van der Waals surface area contributed by atoms with Crippen molar-refractivity contribution in [3.63, 3.8) is 0 Å². The fraction of sp³-hybridized carbons (Fsp3) is 1.00. The number of hydrogen-bond donors (Lipinski definition) is 0. The monoisotopic (exact) mass is 418 g/mol. The Kier molecular flexibility index (Phi) is 7.28. The van der Waals surface area contributed by atoms with Crippen LogP contribution in [-0.4, -0.2) is 88.8 Å². The van der Waals surface area contributed by atoms with Gasteiger partial charge in [0.1, 0.15) is 24.9 Å². The van der Waals surface area contributed by atoms with E-state index in [1.54, 1.807) is 0 Å². The van der Waals surface area contributed by atoms with Gasteiger partial charge in [-0.3, -0.25) is 0 Å². The Labute approximate surface area is 148 Å². The summed E-state index contributed by atoms with van der Waals surface area (Å²) in [7, 11) is 0. The molecule has 160 valence electrons. The predicted octanol–water partition coefficient (Wildman–Crippen LogP) is 2.37. The van der Waals surface area contributed by atoms with Crippen molar-refractivity contribution in [1.29, 1.82) is 0 Å². The highest BCUT2D eigenvalue weighted by Gasteiger charge is 2.75. The van der Waals surface area contributed by atoms with E-state index in [-0.39, 0.29) is 32.0 Å². The van der Waals surface area contributed by atoms with Crippen LogP contribution in [0, 0.1) is 0 Å². The molecule has 0 aromatic carbocycles. The fourth-order valence-corrected chi connectivity index (χ4v) is 1.84. The number of hydrogen-bond acceptors (Lipinski definition) is 5. The van der Waals surface area contributed by atoms with Crippen LogP contribution in [0.4, 0.5) is 35.1 Å². The highest BCUT2D eigenvalue weighted by Crippen LogP contribution is 2.48. The van der Waals surface area contributed by atoms with Gasteiger partial charge in [-0.1, -0.05) is 0 Å². The molecule has 2 aliphatic heterocycles. The van der Waals surface area contributed by atoms with Crippen LogP contribution in [0.1, 0.15) is 0 Å². The zero-order chi connectivity index (χ0) is 20.3. The largest absolute Gasteiger partial charge is 0.380 e. The van der Waals surface area contributed by atoms with Crippen LogP contribution in [0.5, 0.6) is 0 Å². The van der Waals surface area contributed by atoms with Crippen molar-refractivity contribution in [2.75, 3.05) is 46.2 Å². The molecule has 0 aliphatic carbocycles. The molecule has 0 saturated carbocycles.